The number of carbonyl (C=O) groups is 2. The number of furan rings is 1. The lowest BCUT2D eigenvalue weighted by Gasteiger charge is -2.11. The zero-order valence-electron chi connectivity index (χ0n) is 15.2. The van der Waals surface area contributed by atoms with E-state index in [9.17, 15) is 9.59 Å². The average molecular weight is 362 g/mol. The van der Waals surface area contributed by atoms with Crippen molar-refractivity contribution in [3.63, 3.8) is 0 Å². The minimum atomic E-state index is -0.269. The zero-order chi connectivity index (χ0) is 19.1. The normalized spacial score (nSPS) is 10.4. The number of hydrogen-bond donors (Lipinski definition) is 2. The van der Waals surface area contributed by atoms with Gasteiger partial charge in [-0.15, -0.1) is 0 Å². The Morgan fingerprint density at radius 3 is 2.37 bits per heavy atom. The second-order valence-electron chi connectivity index (χ2n) is 6.20. The number of para-hydroxylation sites is 1. The number of hydrogen-bond acceptors (Lipinski definition) is 3. The Hall–Kier alpha value is -3.34. The van der Waals surface area contributed by atoms with Crippen LogP contribution in [-0.4, -0.2) is 11.8 Å². The van der Waals surface area contributed by atoms with Crippen molar-refractivity contribution < 1.29 is 14.0 Å². The van der Waals surface area contributed by atoms with Gasteiger partial charge < -0.3 is 15.1 Å². The molecule has 0 saturated heterocycles. The molecular formula is C22H22N2O3. The Balaban J connectivity index is 1.63. The van der Waals surface area contributed by atoms with Gasteiger partial charge in [0.05, 0.1) is 30.5 Å². The summed E-state index contributed by atoms with van der Waals surface area (Å²) in [5, 5.41) is 5.63. The molecule has 2 aromatic carbocycles. The fourth-order valence-electron chi connectivity index (χ4n) is 2.74. The third kappa shape index (κ3) is 5.07. The van der Waals surface area contributed by atoms with Crippen molar-refractivity contribution in [3.05, 3.63) is 89.4 Å². The average Bonchev–Trinajstić information content (AvgIpc) is 3.21. The minimum Gasteiger partial charge on any atom is -0.467 e. The second-order valence-corrected chi connectivity index (χ2v) is 6.20. The number of rotatable bonds is 7. The van der Waals surface area contributed by atoms with E-state index in [0.29, 0.717) is 17.0 Å². The highest BCUT2D eigenvalue weighted by molar-refractivity contribution is 6.04. The molecule has 1 heterocycles. The van der Waals surface area contributed by atoms with E-state index in [2.05, 4.69) is 17.6 Å². The first kappa shape index (κ1) is 18.5. The van der Waals surface area contributed by atoms with Gasteiger partial charge in [-0.2, -0.15) is 0 Å². The molecule has 0 radical (unpaired) electrons. The molecule has 0 spiro atoms. The number of nitrogens with one attached hydrogen (secondary N) is 2. The Bertz CT molecular complexity index is 900. The molecule has 0 bridgehead atoms. The molecule has 27 heavy (non-hydrogen) atoms. The van der Waals surface area contributed by atoms with Crippen molar-refractivity contribution in [3.8, 4) is 0 Å². The number of carbonyl (C=O) groups excluding carboxylic acids is 2. The highest BCUT2D eigenvalue weighted by atomic mass is 16.3. The number of amides is 2. The van der Waals surface area contributed by atoms with Gasteiger partial charge >= 0.3 is 0 Å². The third-order valence-electron chi connectivity index (χ3n) is 4.24. The lowest BCUT2D eigenvalue weighted by atomic mass is 10.1. The topological polar surface area (TPSA) is 71.3 Å². The summed E-state index contributed by atoms with van der Waals surface area (Å²) >= 11 is 0. The highest BCUT2D eigenvalue weighted by Crippen LogP contribution is 2.16. The lowest BCUT2D eigenvalue weighted by Crippen LogP contribution is -2.25. The van der Waals surface area contributed by atoms with Crippen molar-refractivity contribution in [2.45, 2.75) is 26.3 Å². The molecule has 2 N–H and O–H groups in total. The fourth-order valence-corrected chi connectivity index (χ4v) is 2.74. The molecule has 3 aromatic rings. The molecule has 0 fully saturated rings. The van der Waals surface area contributed by atoms with Gasteiger partial charge in [-0.05, 0) is 41.8 Å². The monoisotopic (exact) mass is 362 g/mol. The predicted octanol–water partition coefficient (Wildman–Crippen LogP) is 3.95. The molecule has 5 nitrogen and oxygen atoms in total. The lowest BCUT2D eigenvalue weighted by molar-refractivity contribution is -0.115. The van der Waals surface area contributed by atoms with Crippen molar-refractivity contribution in [1.29, 1.82) is 0 Å². The van der Waals surface area contributed by atoms with Crippen LogP contribution in [0.5, 0.6) is 0 Å². The molecule has 0 unspecified atom stereocenters. The molecule has 5 heteroatoms. The van der Waals surface area contributed by atoms with Crippen LogP contribution < -0.4 is 10.6 Å². The van der Waals surface area contributed by atoms with Crippen LogP contribution in [0.4, 0.5) is 5.69 Å². The summed E-state index contributed by atoms with van der Waals surface area (Å²) in [4.78, 5) is 24.9. The summed E-state index contributed by atoms with van der Waals surface area (Å²) in [6.07, 6.45) is 2.78. The maximum atomic E-state index is 12.5. The van der Waals surface area contributed by atoms with E-state index in [-0.39, 0.29) is 24.8 Å². The van der Waals surface area contributed by atoms with Gasteiger partial charge in [-0.1, -0.05) is 43.3 Å². The largest absolute Gasteiger partial charge is 0.467 e. The van der Waals surface area contributed by atoms with E-state index >= 15 is 0 Å². The number of benzene rings is 2. The van der Waals surface area contributed by atoms with Crippen LogP contribution in [0.3, 0.4) is 0 Å². The molecule has 0 aliphatic rings. The first-order chi connectivity index (χ1) is 13.2. The second kappa shape index (κ2) is 8.85. The molecular weight excluding hydrogens is 340 g/mol. The first-order valence-electron chi connectivity index (χ1n) is 8.93. The van der Waals surface area contributed by atoms with E-state index in [1.165, 1.54) is 5.56 Å². The van der Waals surface area contributed by atoms with E-state index in [1.807, 2.05) is 24.3 Å². The molecule has 0 saturated carbocycles. The zero-order valence-corrected chi connectivity index (χ0v) is 15.2. The van der Waals surface area contributed by atoms with Crippen molar-refractivity contribution in [2.75, 3.05) is 5.32 Å². The molecule has 3 rings (SSSR count). The van der Waals surface area contributed by atoms with Gasteiger partial charge in [0.1, 0.15) is 5.76 Å². The molecule has 0 aliphatic carbocycles. The van der Waals surface area contributed by atoms with Crippen LogP contribution in [0.25, 0.3) is 0 Å². The Labute approximate surface area is 158 Å². The van der Waals surface area contributed by atoms with E-state index in [1.54, 1.807) is 42.7 Å². The molecule has 1 aromatic heterocycles. The smallest absolute Gasteiger partial charge is 0.253 e. The van der Waals surface area contributed by atoms with Crippen molar-refractivity contribution in [1.82, 2.24) is 5.32 Å². The Kier molecular flexibility index (Phi) is 6.05. The summed E-state index contributed by atoms with van der Waals surface area (Å²) in [5.74, 6) is 0.237. The SMILES string of the molecule is CCc1ccc(CC(=O)Nc2ccccc2C(=O)NCc2ccco2)cc1. The van der Waals surface area contributed by atoms with Gasteiger partial charge in [0, 0.05) is 0 Å². The van der Waals surface area contributed by atoms with Crippen LogP contribution in [0, 0.1) is 0 Å². The van der Waals surface area contributed by atoms with Crippen LogP contribution in [0.1, 0.15) is 34.2 Å². The fraction of sp³-hybridized carbons (Fsp3) is 0.182. The van der Waals surface area contributed by atoms with Crippen molar-refractivity contribution >= 4 is 17.5 Å². The highest BCUT2D eigenvalue weighted by Gasteiger charge is 2.13. The van der Waals surface area contributed by atoms with Gasteiger partial charge in [0.2, 0.25) is 5.91 Å². The first-order valence-corrected chi connectivity index (χ1v) is 8.93. The molecule has 138 valence electrons. The van der Waals surface area contributed by atoms with Gasteiger partial charge in [-0.25, -0.2) is 0 Å². The number of aryl methyl sites for hydroxylation is 1. The number of anilines is 1. The summed E-state index contributed by atoms with van der Waals surface area (Å²) in [7, 11) is 0. The van der Waals surface area contributed by atoms with Crippen LogP contribution in [-0.2, 0) is 24.2 Å². The van der Waals surface area contributed by atoms with E-state index < -0.39 is 0 Å². The maximum absolute atomic E-state index is 12.5. The molecule has 0 aliphatic heterocycles. The van der Waals surface area contributed by atoms with Crippen LogP contribution in [0.15, 0.2) is 71.3 Å². The third-order valence-corrected chi connectivity index (χ3v) is 4.24. The summed E-state index contributed by atoms with van der Waals surface area (Å²) in [5.41, 5.74) is 3.07. The maximum Gasteiger partial charge on any atom is 0.253 e. The van der Waals surface area contributed by atoms with Crippen molar-refractivity contribution in [2.24, 2.45) is 0 Å². The van der Waals surface area contributed by atoms with Crippen LogP contribution >= 0.6 is 0 Å². The Morgan fingerprint density at radius 1 is 0.926 bits per heavy atom. The molecule has 2 amide bonds. The van der Waals surface area contributed by atoms with E-state index in [0.717, 1.165) is 12.0 Å². The summed E-state index contributed by atoms with van der Waals surface area (Å²) in [6, 6.07) is 18.5. The quantitative estimate of drug-likeness (QED) is 0.668. The summed E-state index contributed by atoms with van der Waals surface area (Å²) < 4.78 is 5.21. The summed E-state index contributed by atoms with van der Waals surface area (Å²) in [6.45, 7) is 2.38. The standard InChI is InChI=1S/C22H22N2O3/c1-2-16-9-11-17(12-10-16)14-21(25)24-20-8-4-3-7-19(20)22(26)23-15-18-6-5-13-27-18/h3-13H,2,14-15H2,1H3,(H,23,26)(H,24,25). The van der Waals surface area contributed by atoms with Crippen LogP contribution in [0.2, 0.25) is 0 Å². The van der Waals surface area contributed by atoms with Gasteiger partial charge in [0.15, 0.2) is 0 Å². The van der Waals surface area contributed by atoms with Gasteiger partial charge in [0.25, 0.3) is 5.91 Å². The van der Waals surface area contributed by atoms with Gasteiger partial charge in [-0.3, -0.25) is 9.59 Å². The van der Waals surface area contributed by atoms with E-state index in [4.69, 9.17) is 4.42 Å². The molecule has 0 atom stereocenters. The minimum absolute atomic E-state index is 0.162. The Morgan fingerprint density at radius 2 is 1.67 bits per heavy atom. The predicted molar refractivity (Wildman–Crippen MR) is 104 cm³/mol.